The van der Waals surface area contributed by atoms with Crippen molar-refractivity contribution in [2.75, 3.05) is 5.32 Å². The largest absolute Gasteiger partial charge is 0.480 e. The fourth-order valence-electron chi connectivity index (χ4n) is 1.95. The van der Waals surface area contributed by atoms with E-state index in [4.69, 9.17) is 5.11 Å². The summed E-state index contributed by atoms with van der Waals surface area (Å²) in [7, 11) is 0. The Hall–Kier alpha value is -3.16. The first kappa shape index (κ1) is 17.2. The fourth-order valence-corrected chi connectivity index (χ4v) is 1.95. The fraction of sp³-hybridized carbons (Fsp3) is 0.250. The van der Waals surface area contributed by atoms with Gasteiger partial charge in [0.05, 0.1) is 6.33 Å². The molecule has 0 aliphatic heterocycles. The van der Waals surface area contributed by atoms with Crippen molar-refractivity contribution in [2.24, 2.45) is 0 Å². The molecule has 0 spiro atoms. The van der Waals surface area contributed by atoms with Crippen LogP contribution in [0.5, 0.6) is 0 Å². The zero-order valence-corrected chi connectivity index (χ0v) is 13.1. The SMILES string of the molecule is CC(NC(=O)c1cccc(NC(=O)CCn2ccnc2)c1)C(=O)O. The van der Waals surface area contributed by atoms with Crippen LogP contribution in [-0.4, -0.2) is 38.5 Å². The van der Waals surface area contributed by atoms with Gasteiger partial charge in [-0.05, 0) is 25.1 Å². The summed E-state index contributed by atoms with van der Waals surface area (Å²) in [5.41, 5.74) is 0.747. The molecule has 8 nitrogen and oxygen atoms in total. The summed E-state index contributed by atoms with van der Waals surface area (Å²) in [5.74, 6) is -1.83. The van der Waals surface area contributed by atoms with Crippen molar-refractivity contribution in [3.05, 3.63) is 48.5 Å². The minimum atomic E-state index is -1.12. The molecule has 1 unspecified atom stereocenters. The van der Waals surface area contributed by atoms with Crippen LogP contribution in [0.25, 0.3) is 0 Å². The minimum absolute atomic E-state index is 0.194. The highest BCUT2D eigenvalue weighted by molar-refractivity contribution is 5.98. The van der Waals surface area contributed by atoms with E-state index in [1.165, 1.54) is 13.0 Å². The third kappa shape index (κ3) is 4.94. The molecule has 0 aliphatic carbocycles. The number of amides is 2. The van der Waals surface area contributed by atoms with Gasteiger partial charge in [-0.2, -0.15) is 0 Å². The molecule has 0 radical (unpaired) electrons. The molecule has 0 saturated heterocycles. The van der Waals surface area contributed by atoms with E-state index in [1.54, 1.807) is 41.5 Å². The minimum Gasteiger partial charge on any atom is -0.480 e. The molecule has 0 fully saturated rings. The van der Waals surface area contributed by atoms with Crippen molar-refractivity contribution in [2.45, 2.75) is 25.9 Å². The predicted molar refractivity (Wildman–Crippen MR) is 86.5 cm³/mol. The summed E-state index contributed by atoms with van der Waals surface area (Å²) in [5, 5.41) is 13.9. The van der Waals surface area contributed by atoms with Gasteiger partial charge >= 0.3 is 5.97 Å². The topological polar surface area (TPSA) is 113 Å². The highest BCUT2D eigenvalue weighted by Crippen LogP contribution is 2.11. The van der Waals surface area contributed by atoms with Crippen LogP contribution in [-0.2, 0) is 16.1 Å². The molecule has 2 aromatic rings. The van der Waals surface area contributed by atoms with Crippen LogP contribution < -0.4 is 10.6 Å². The Morgan fingerprint density at radius 2 is 2.12 bits per heavy atom. The molecule has 24 heavy (non-hydrogen) atoms. The maximum atomic E-state index is 12.0. The second-order valence-electron chi connectivity index (χ2n) is 5.21. The van der Waals surface area contributed by atoms with Gasteiger partial charge in [0.2, 0.25) is 5.91 Å². The normalized spacial score (nSPS) is 11.5. The highest BCUT2D eigenvalue weighted by atomic mass is 16.4. The first-order valence-corrected chi connectivity index (χ1v) is 7.35. The monoisotopic (exact) mass is 330 g/mol. The number of benzene rings is 1. The van der Waals surface area contributed by atoms with E-state index in [1.807, 2.05) is 0 Å². The number of carboxylic acid groups (broad SMARTS) is 1. The van der Waals surface area contributed by atoms with Crippen LogP contribution in [0.1, 0.15) is 23.7 Å². The van der Waals surface area contributed by atoms with E-state index in [0.717, 1.165) is 0 Å². The van der Waals surface area contributed by atoms with E-state index in [2.05, 4.69) is 15.6 Å². The number of aliphatic carboxylic acids is 1. The van der Waals surface area contributed by atoms with Crippen LogP contribution >= 0.6 is 0 Å². The van der Waals surface area contributed by atoms with Gasteiger partial charge in [-0.1, -0.05) is 6.07 Å². The van der Waals surface area contributed by atoms with Gasteiger partial charge in [0.25, 0.3) is 5.91 Å². The van der Waals surface area contributed by atoms with Crippen molar-refractivity contribution in [3.63, 3.8) is 0 Å². The van der Waals surface area contributed by atoms with Crippen molar-refractivity contribution in [1.82, 2.24) is 14.9 Å². The lowest BCUT2D eigenvalue weighted by Gasteiger charge is -2.11. The molecule has 1 atom stereocenters. The smallest absolute Gasteiger partial charge is 0.325 e. The number of nitrogens with zero attached hydrogens (tertiary/aromatic N) is 2. The number of rotatable bonds is 7. The second-order valence-corrected chi connectivity index (χ2v) is 5.21. The first-order valence-electron chi connectivity index (χ1n) is 7.35. The second kappa shape index (κ2) is 7.91. The number of carboxylic acids is 1. The highest BCUT2D eigenvalue weighted by Gasteiger charge is 2.15. The molecule has 1 aromatic carbocycles. The Bertz CT molecular complexity index is 727. The summed E-state index contributed by atoms with van der Waals surface area (Å²) in [4.78, 5) is 38.6. The zero-order valence-electron chi connectivity index (χ0n) is 13.1. The molecule has 2 rings (SSSR count). The summed E-state index contributed by atoms with van der Waals surface area (Å²) in [6, 6.07) is 5.33. The molecular weight excluding hydrogens is 312 g/mol. The number of hydrogen-bond donors (Lipinski definition) is 3. The first-order chi connectivity index (χ1) is 11.5. The lowest BCUT2D eigenvalue weighted by Crippen LogP contribution is -2.38. The Morgan fingerprint density at radius 1 is 1.33 bits per heavy atom. The molecule has 0 bridgehead atoms. The molecular formula is C16H18N4O4. The van der Waals surface area contributed by atoms with Gasteiger partial charge in [0.15, 0.2) is 0 Å². The number of anilines is 1. The van der Waals surface area contributed by atoms with Gasteiger partial charge in [0, 0.05) is 36.6 Å². The van der Waals surface area contributed by atoms with Crippen LogP contribution in [0.2, 0.25) is 0 Å². The van der Waals surface area contributed by atoms with Gasteiger partial charge in [-0.3, -0.25) is 14.4 Å². The van der Waals surface area contributed by atoms with E-state index >= 15 is 0 Å². The Morgan fingerprint density at radius 3 is 2.79 bits per heavy atom. The number of nitrogens with one attached hydrogen (secondary N) is 2. The molecule has 3 N–H and O–H groups in total. The van der Waals surface area contributed by atoms with E-state index in [-0.39, 0.29) is 17.9 Å². The molecule has 1 heterocycles. The van der Waals surface area contributed by atoms with Crippen LogP contribution in [0.3, 0.4) is 0 Å². The van der Waals surface area contributed by atoms with Crippen LogP contribution in [0.4, 0.5) is 5.69 Å². The molecule has 0 aliphatic rings. The molecule has 126 valence electrons. The third-order valence-corrected chi connectivity index (χ3v) is 3.28. The van der Waals surface area contributed by atoms with E-state index < -0.39 is 17.9 Å². The summed E-state index contributed by atoms with van der Waals surface area (Å²) in [6.45, 7) is 1.88. The third-order valence-electron chi connectivity index (χ3n) is 3.28. The van der Waals surface area contributed by atoms with Crippen molar-refractivity contribution >= 4 is 23.5 Å². The number of aryl methyl sites for hydroxylation is 1. The molecule has 1 aromatic heterocycles. The molecule has 2 amide bonds. The average molecular weight is 330 g/mol. The Labute approximate surface area is 138 Å². The van der Waals surface area contributed by atoms with Crippen molar-refractivity contribution < 1.29 is 19.5 Å². The summed E-state index contributed by atoms with van der Waals surface area (Å²) >= 11 is 0. The lowest BCUT2D eigenvalue weighted by molar-refractivity contribution is -0.138. The Balaban J connectivity index is 1.93. The van der Waals surface area contributed by atoms with Crippen LogP contribution in [0.15, 0.2) is 43.0 Å². The lowest BCUT2D eigenvalue weighted by atomic mass is 10.1. The molecule has 8 heteroatoms. The number of imidazole rings is 1. The van der Waals surface area contributed by atoms with Gasteiger partial charge in [0.1, 0.15) is 6.04 Å². The van der Waals surface area contributed by atoms with Gasteiger partial charge in [-0.25, -0.2) is 4.98 Å². The summed E-state index contributed by atoms with van der Waals surface area (Å²) < 4.78 is 1.79. The Kier molecular flexibility index (Phi) is 5.67. The van der Waals surface area contributed by atoms with Crippen molar-refractivity contribution in [3.8, 4) is 0 Å². The van der Waals surface area contributed by atoms with E-state index in [0.29, 0.717) is 12.2 Å². The average Bonchev–Trinajstić information content (AvgIpc) is 3.06. The number of hydrogen-bond acceptors (Lipinski definition) is 4. The maximum Gasteiger partial charge on any atom is 0.325 e. The van der Waals surface area contributed by atoms with Crippen LogP contribution in [0, 0.1) is 0 Å². The van der Waals surface area contributed by atoms with Crippen molar-refractivity contribution in [1.29, 1.82) is 0 Å². The number of carbonyl (C=O) groups is 3. The number of carbonyl (C=O) groups excluding carboxylic acids is 2. The maximum absolute atomic E-state index is 12.0. The van der Waals surface area contributed by atoms with E-state index in [9.17, 15) is 14.4 Å². The summed E-state index contributed by atoms with van der Waals surface area (Å²) in [6.07, 6.45) is 5.30. The van der Waals surface area contributed by atoms with Gasteiger partial charge in [-0.15, -0.1) is 0 Å². The molecule has 0 saturated carbocycles. The standard InChI is InChI=1S/C16H18N4O4/c1-11(16(23)24)18-15(22)12-3-2-4-13(9-12)19-14(21)5-7-20-8-6-17-10-20/h2-4,6,8-11H,5,7H2,1H3,(H,18,22)(H,19,21)(H,23,24). The van der Waals surface area contributed by atoms with Gasteiger partial charge < -0.3 is 20.3 Å². The zero-order chi connectivity index (χ0) is 17.5. The number of aromatic nitrogens is 2. The predicted octanol–water partition coefficient (Wildman–Crippen LogP) is 1.11. The quantitative estimate of drug-likeness (QED) is 0.704.